The van der Waals surface area contributed by atoms with Gasteiger partial charge in [0.05, 0.1) is 6.42 Å². The van der Waals surface area contributed by atoms with E-state index >= 15 is 0 Å². The predicted octanol–water partition coefficient (Wildman–Crippen LogP) is 2.27. The predicted molar refractivity (Wildman–Crippen MR) is 90.0 cm³/mol. The minimum atomic E-state index is -0.892. The number of nitrogens with zero attached hydrogens (tertiary/aromatic N) is 2. The fourth-order valence-electron chi connectivity index (χ4n) is 3.30. The minimum absolute atomic E-state index is 0.0311. The Balaban J connectivity index is 1.90. The van der Waals surface area contributed by atoms with Crippen LogP contribution >= 0.6 is 0 Å². The van der Waals surface area contributed by atoms with Gasteiger partial charge in [-0.3, -0.25) is 9.59 Å². The minimum Gasteiger partial charge on any atom is -0.481 e. The van der Waals surface area contributed by atoms with E-state index in [2.05, 4.69) is 0 Å². The Morgan fingerprint density at radius 2 is 2.00 bits per heavy atom. The first-order chi connectivity index (χ1) is 11.6. The summed E-state index contributed by atoms with van der Waals surface area (Å²) in [5.74, 6) is -1.00. The molecular formula is C18H22N2O4. The lowest BCUT2D eigenvalue weighted by molar-refractivity contribution is -0.137. The summed E-state index contributed by atoms with van der Waals surface area (Å²) in [6.45, 7) is 1.44. The maximum absolute atomic E-state index is 13.1. The van der Waals surface area contributed by atoms with Crippen molar-refractivity contribution in [1.82, 2.24) is 9.47 Å². The lowest BCUT2D eigenvalue weighted by Gasteiger charge is -2.34. The number of rotatable bonds is 5. The van der Waals surface area contributed by atoms with Crippen molar-refractivity contribution >= 4 is 22.8 Å². The summed E-state index contributed by atoms with van der Waals surface area (Å²) < 4.78 is 7.25. The monoisotopic (exact) mass is 330 g/mol. The fourth-order valence-corrected chi connectivity index (χ4v) is 3.30. The SMILES string of the molecule is Cn1c(C(=O)N(CCC(=O)O)C2CCOCC2)cc2ccccc21. The molecule has 0 aliphatic carbocycles. The van der Waals surface area contributed by atoms with Crippen molar-refractivity contribution in [2.24, 2.45) is 7.05 Å². The summed E-state index contributed by atoms with van der Waals surface area (Å²) in [5.41, 5.74) is 1.58. The van der Waals surface area contributed by atoms with E-state index in [9.17, 15) is 9.59 Å². The molecule has 24 heavy (non-hydrogen) atoms. The number of carbonyl (C=O) groups is 2. The Hall–Kier alpha value is -2.34. The molecule has 2 aromatic rings. The molecule has 1 aromatic heterocycles. The van der Waals surface area contributed by atoms with Crippen LogP contribution in [0.2, 0.25) is 0 Å². The second-order valence-electron chi connectivity index (χ2n) is 6.13. The van der Waals surface area contributed by atoms with Crippen LogP contribution in [-0.2, 0) is 16.6 Å². The average molecular weight is 330 g/mol. The summed E-state index contributed by atoms with van der Waals surface area (Å²) in [6, 6.07) is 9.74. The first kappa shape index (κ1) is 16.5. The number of fused-ring (bicyclic) bond motifs is 1. The summed E-state index contributed by atoms with van der Waals surface area (Å²) in [7, 11) is 1.87. The highest BCUT2D eigenvalue weighted by Gasteiger charge is 2.28. The van der Waals surface area contributed by atoms with Crippen LogP contribution in [-0.4, -0.2) is 52.3 Å². The zero-order chi connectivity index (χ0) is 17.1. The van der Waals surface area contributed by atoms with Crippen LogP contribution in [0.25, 0.3) is 10.9 Å². The highest BCUT2D eigenvalue weighted by molar-refractivity contribution is 5.99. The van der Waals surface area contributed by atoms with Gasteiger partial charge in [0.1, 0.15) is 5.69 Å². The van der Waals surface area contributed by atoms with Crippen molar-refractivity contribution < 1.29 is 19.4 Å². The van der Waals surface area contributed by atoms with Gasteiger partial charge in [-0.1, -0.05) is 18.2 Å². The molecule has 0 bridgehead atoms. The molecule has 1 amide bonds. The molecule has 1 aliphatic rings. The first-order valence-electron chi connectivity index (χ1n) is 8.23. The van der Waals surface area contributed by atoms with Gasteiger partial charge < -0.3 is 19.3 Å². The average Bonchev–Trinajstić information content (AvgIpc) is 2.93. The van der Waals surface area contributed by atoms with Gasteiger partial charge in [-0.05, 0) is 25.0 Å². The fraction of sp³-hybridized carbons (Fsp3) is 0.444. The van der Waals surface area contributed by atoms with Crippen molar-refractivity contribution in [2.75, 3.05) is 19.8 Å². The number of hydrogen-bond acceptors (Lipinski definition) is 3. The zero-order valence-corrected chi connectivity index (χ0v) is 13.8. The number of aliphatic carboxylic acids is 1. The highest BCUT2D eigenvalue weighted by Crippen LogP contribution is 2.23. The molecule has 0 radical (unpaired) electrons. The Morgan fingerprint density at radius 3 is 2.67 bits per heavy atom. The van der Waals surface area contributed by atoms with E-state index in [1.54, 1.807) is 4.90 Å². The largest absolute Gasteiger partial charge is 0.481 e. The van der Waals surface area contributed by atoms with E-state index in [4.69, 9.17) is 9.84 Å². The van der Waals surface area contributed by atoms with E-state index in [0.29, 0.717) is 18.9 Å². The highest BCUT2D eigenvalue weighted by atomic mass is 16.5. The molecule has 0 saturated carbocycles. The van der Waals surface area contributed by atoms with E-state index in [0.717, 1.165) is 23.7 Å². The summed E-state index contributed by atoms with van der Waals surface area (Å²) in [4.78, 5) is 25.8. The smallest absolute Gasteiger partial charge is 0.305 e. The van der Waals surface area contributed by atoms with Crippen LogP contribution in [0, 0.1) is 0 Å². The Labute approximate surface area is 140 Å². The number of ether oxygens (including phenoxy) is 1. The van der Waals surface area contributed by atoms with E-state index < -0.39 is 5.97 Å². The van der Waals surface area contributed by atoms with Gasteiger partial charge >= 0.3 is 5.97 Å². The number of para-hydroxylation sites is 1. The van der Waals surface area contributed by atoms with Crippen molar-refractivity contribution in [1.29, 1.82) is 0 Å². The third-order valence-corrected chi connectivity index (χ3v) is 4.63. The van der Waals surface area contributed by atoms with Crippen LogP contribution in [0.3, 0.4) is 0 Å². The number of amides is 1. The molecule has 128 valence electrons. The van der Waals surface area contributed by atoms with Crippen LogP contribution in [0.4, 0.5) is 0 Å². The standard InChI is InChI=1S/C18H22N2O4/c1-19-15-5-3-2-4-13(15)12-16(19)18(23)20(9-6-17(21)22)14-7-10-24-11-8-14/h2-5,12,14H,6-11H2,1H3,(H,21,22). The van der Waals surface area contributed by atoms with Crippen molar-refractivity contribution in [2.45, 2.75) is 25.3 Å². The molecule has 1 aliphatic heterocycles. The number of benzene rings is 1. The van der Waals surface area contributed by atoms with Gasteiger partial charge in [-0.2, -0.15) is 0 Å². The molecule has 0 unspecified atom stereocenters. The van der Waals surface area contributed by atoms with E-state index in [-0.39, 0.29) is 24.9 Å². The van der Waals surface area contributed by atoms with Crippen LogP contribution < -0.4 is 0 Å². The molecule has 2 heterocycles. The van der Waals surface area contributed by atoms with E-state index in [1.165, 1.54) is 0 Å². The van der Waals surface area contributed by atoms with Crippen LogP contribution in [0.1, 0.15) is 29.8 Å². The number of carbonyl (C=O) groups excluding carboxylic acids is 1. The zero-order valence-electron chi connectivity index (χ0n) is 13.8. The van der Waals surface area contributed by atoms with Gasteiger partial charge in [0, 0.05) is 43.8 Å². The molecule has 1 aromatic carbocycles. The van der Waals surface area contributed by atoms with Crippen LogP contribution in [0.15, 0.2) is 30.3 Å². The first-order valence-corrected chi connectivity index (χ1v) is 8.23. The van der Waals surface area contributed by atoms with Crippen molar-refractivity contribution in [3.8, 4) is 0 Å². The maximum Gasteiger partial charge on any atom is 0.305 e. The summed E-state index contributed by atoms with van der Waals surface area (Å²) >= 11 is 0. The van der Waals surface area contributed by atoms with Gasteiger partial charge in [0.15, 0.2) is 0 Å². The molecular weight excluding hydrogens is 308 g/mol. The molecule has 6 heteroatoms. The quantitative estimate of drug-likeness (QED) is 0.913. The number of hydrogen-bond donors (Lipinski definition) is 1. The number of carboxylic acids is 1. The van der Waals surface area contributed by atoms with Gasteiger partial charge in [-0.25, -0.2) is 0 Å². The lowest BCUT2D eigenvalue weighted by atomic mass is 10.1. The van der Waals surface area contributed by atoms with Gasteiger partial charge in [-0.15, -0.1) is 0 Å². The summed E-state index contributed by atoms with van der Waals surface area (Å²) in [5, 5.41) is 10.0. The number of aromatic nitrogens is 1. The van der Waals surface area contributed by atoms with E-state index in [1.807, 2.05) is 41.9 Å². The second-order valence-corrected chi connectivity index (χ2v) is 6.13. The molecule has 0 atom stereocenters. The third kappa shape index (κ3) is 3.28. The topological polar surface area (TPSA) is 71.8 Å². The molecule has 0 spiro atoms. The Morgan fingerprint density at radius 1 is 1.29 bits per heavy atom. The second kappa shape index (κ2) is 7.05. The molecule has 1 fully saturated rings. The molecule has 1 saturated heterocycles. The molecule has 3 rings (SSSR count). The Bertz CT molecular complexity index is 747. The molecule has 6 nitrogen and oxygen atoms in total. The lowest BCUT2D eigenvalue weighted by Crippen LogP contribution is -2.45. The van der Waals surface area contributed by atoms with Gasteiger partial charge in [0.2, 0.25) is 0 Å². The van der Waals surface area contributed by atoms with Crippen LogP contribution in [0.5, 0.6) is 0 Å². The number of carboxylic acid groups (broad SMARTS) is 1. The Kier molecular flexibility index (Phi) is 4.85. The third-order valence-electron chi connectivity index (χ3n) is 4.63. The normalized spacial score (nSPS) is 15.5. The maximum atomic E-state index is 13.1. The number of aryl methyl sites for hydroxylation is 1. The molecule has 1 N–H and O–H groups in total. The van der Waals surface area contributed by atoms with Crippen molar-refractivity contribution in [3.05, 3.63) is 36.0 Å². The van der Waals surface area contributed by atoms with Gasteiger partial charge in [0.25, 0.3) is 5.91 Å². The summed E-state index contributed by atoms with van der Waals surface area (Å²) in [6.07, 6.45) is 1.44. The van der Waals surface area contributed by atoms with Crippen molar-refractivity contribution in [3.63, 3.8) is 0 Å².